The van der Waals surface area contributed by atoms with E-state index in [4.69, 9.17) is 4.98 Å². The summed E-state index contributed by atoms with van der Waals surface area (Å²) in [7, 11) is 0. The van der Waals surface area contributed by atoms with E-state index in [1.54, 1.807) is 0 Å². The van der Waals surface area contributed by atoms with Gasteiger partial charge in [0.2, 0.25) is 11.9 Å². The fourth-order valence-electron chi connectivity index (χ4n) is 4.36. The number of fused-ring (bicyclic) bond motifs is 1. The number of carbonyl (C=O) groups is 1. The molecule has 148 valence electrons. The van der Waals surface area contributed by atoms with Gasteiger partial charge in [-0.2, -0.15) is 0 Å². The Balaban J connectivity index is 1.38. The van der Waals surface area contributed by atoms with Crippen LogP contribution in [-0.2, 0) is 17.6 Å². The van der Waals surface area contributed by atoms with Crippen LogP contribution in [-0.4, -0.2) is 71.0 Å². The molecule has 0 N–H and O–H groups in total. The van der Waals surface area contributed by atoms with E-state index in [1.807, 2.05) is 18.0 Å². The first-order valence-electron chi connectivity index (χ1n) is 10.8. The maximum Gasteiger partial charge on any atom is 0.225 e. The molecule has 0 radical (unpaired) electrons. The van der Waals surface area contributed by atoms with Crippen LogP contribution < -0.4 is 4.90 Å². The molecule has 2 fully saturated rings. The molecule has 2 aliphatic heterocycles. The van der Waals surface area contributed by atoms with Gasteiger partial charge < -0.3 is 9.80 Å². The Bertz CT molecular complexity index is 667. The van der Waals surface area contributed by atoms with Gasteiger partial charge in [0.05, 0.1) is 5.69 Å². The summed E-state index contributed by atoms with van der Waals surface area (Å²) in [6.45, 7) is 9.98. The number of nitrogens with zero attached hydrogens (tertiary/aromatic N) is 5. The number of anilines is 1. The maximum atomic E-state index is 12.5. The minimum atomic E-state index is 0.111. The first-order chi connectivity index (χ1) is 13.2. The molecule has 1 atom stereocenters. The molecule has 4 rings (SSSR count). The van der Waals surface area contributed by atoms with Crippen molar-refractivity contribution in [2.24, 2.45) is 5.92 Å². The van der Waals surface area contributed by atoms with Crippen molar-refractivity contribution in [3.05, 3.63) is 17.5 Å². The topological polar surface area (TPSA) is 52.6 Å². The Labute approximate surface area is 162 Å². The van der Waals surface area contributed by atoms with Crippen molar-refractivity contribution < 1.29 is 4.79 Å². The molecule has 6 nitrogen and oxygen atoms in total. The molecule has 1 aromatic rings. The third kappa shape index (κ3) is 3.96. The van der Waals surface area contributed by atoms with Crippen LogP contribution in [0.25, 0.3) is 0 Å². The molecule has 6 heteroatoms. The van der Waals surface area contributed by atoms with E-state index in [9.17, 15) is 4.79 Å². The lowest BCUT2D eigenvalue weighted by molar-refractivity contribution is -0.134. The molecule has 3 aliphatic rings. The van der Waals surface area contributed by atoms with Crippen LogP contribution in [0.3, 0.4) is 0 Å². The third-order valence-electron chi connectivity index (χ3n) is 6.74. The average Bonchev–Trinajstić information content (AvgIpc) is 2.88. The summed E-state index contributed by atoms with van der Waals surface area (Å²) < 4.78 is 0. The molecular formula is C21H33N5O. The molecule has 1 aromatic heterocycles. The summed E-state index contributed by atoms with van der Waals surface area (Å²) >= 11 is 0. The normalized spacial score (nSPS) is 22.7. The monoisotopic (exact) mass is 371 g/mol. The number of rotatable bonds is 4. The van der Waals surface area contributed by atoms with Gasteiger partial charge in [0.1, 0.15) is 0 Å². The van der Waals surface area contributed by atoms with Gasteiger partial charge in [-0.3, -0.25) is 9.69 Å². The number of piperazine rings is 1. The van der Waals surface area contributed by atoms with E-state index < -0.39 is 0 Å². The number of hydrogen-bond donors (Lipinski definition) is 0. The maximum absolute atomic E-state index is 12.5. The largest absolute Gasteiger partial charge is 0.342 e. The molecule has 0 bridgehead atoms. The Morgan fingerprint density at radius 3 is 2.56 bits per heavy atom. The zero-order valence-corrected chi connectivity index (χ0v) is 16.9. The van der Waals surface area contributed by atoms with Crippen molar-refractivity contribution >= 4 is 11.9 Å². The van der Waals surface area contributed by atoms with Gasteiger partial charge in [0.15, 0.2) is 0 Å². The summed E-state index contributed by atoms with van der Waals surface area (Å²) in [5.41, 5.74) is 2.35. The summed E-state index contributed by atoms with van der Waals surface area (Å²) in [6, 6.07) is 0.828. The van der Waals surface area contributed by atoms with Crippen LogP contribution >= 0.6 is 0 Å². The fraction of sp³-hybridized carbons (Fsp3) is 0.762. The van der Waals surface area contributed by atoms with Crippen molar-refractivity contribution in [3.8, 4) is 0 Å². The standard InChI is InChI=1S/C21H33N5O/c1-3-16(2)20(27)25-9-7-17-15-22-21(23-19(17)8-10-25)26-13-11-24(12-14-26)18-5-4-6-18/h15-16,18H,3-14H2,1-2H3. The van der Waals surface area contributed by atoms with Crippen LogP contribution in [0.5, 0.6) is 0 Å². The van der Waals surface area contributed by atoms with Crippen molar-refractivity contribution in [1.29, 1.82) is 0 Å². The third-order valence-corrected chi connectivity index (χ3v) is 6.74. The molecule has 1 saturated heterocycles. The summed E-state index contributed by atoms with van der Waals surface area (Å²) in [5.74, 6) is 1.27. The number of amides is 1. The molecule has 0 aromatic carbocycles. The lowest BCUT2D eigenvalue weighted by atomic mass is 9.91. The smallest absolute Gasteiger partial charge is 0.225 e. The Morgan fingerprint density at radius 2 is 1.89 bits per heavy atom. The van der Waals surface area contributed by atoms with Gasteiger partial charge in [-0.05, 0) is 31.2 Å². The van der Waals surface area contributed by atoms with E-state index in [0.717, 1.165) is 76.2 Å². The molecule has 3 heterocycles. The summed E-state index contributed by atoms with van der Waals surface area (Å²) in [6.07, 6.45) is 8.77. The Morgan fingerprint density at radius 1 is 1.15 bits per heavy atom. The van der Waals surface area contributed by atoms with Gasteiger partial charge in [-0.15, -0.1) is 0 Å². The van der Waals surface area contributed by atoms with Crippen LogP contribution in [0, 0.1) is 5.92 Å². The first kappa shape index (κ1) is 18.7. The van der Waals surface area contributed by atoms with Crippen LogP contribution in [0.15, 0.2) is 6.20 Å². The fourth-order valence-corrected chi connectivity index (χ4v) is 4.36. The van der Waals surface area contributed by atoms with Crippen molar-refractivity contribution in [2.45, 2.75) is 58.4 Å². The molecule has 0 spiro atoms. The molecule has 1 aliphatic carbocycles. The summed E-state index contributed by atoms with van der Waals surface area (Å²) in [5, 5.41) is 0. The number of carbonyl (C=O) groups excluding carboxylic acids is 1. The molecule has 1 saturated carbocycles. The second-order valence-corrected chi connectivity index (χ2v) is 8.38. The highest BCUT2D eigenvalue weighted by atomic mass is 16.2. The SMILES string of the molecule is CCC(C)C(=O)N1CCc2cnc(N3CCN(C4CCC4)CC3)nc2CC1. The van der Waals surface area contributed by atoms with E-state index in [1.165, 1.54) is 24.8 Å². The average molecular weight is 372 g/mol. The number of hydrogen-bond acceptors (Lipinski definition) is 5. The minimum Gasteiger partial charge on any atom is -0.342 e. The molecule has 1 unspecified atom stereocenters. The van der Waals surface area contributed by atoms with Crippen LogP contribution in [0.4, 0.5) is 5.95 Å². The van der Waals surface area contributed by atoms with E-state index in [2.05, 4.69) is 21.7 Å². The minimum absolute atomic E-state index is 0.111. The van der Waals surface area contributed by atoms with Crippen LogP contribution in [0.1, 0.15) is 50.8 Å². The van der Waals surface area contributed by atoms with Gasteiger partial charge >= 0.3 is 0 Å². The lowest BCUT2D eigenvalue weighted by Gasteiger charge is -2.43. The Kier molecular flexibility index (Phi) is 5.62. The predicted octanol–water partition coefficient (Wildman–Crippen LogP) is 2.12. The molecule has 27 heavy (non-hydrogen) atoms. The number of aromatic nitrogens is 2. The van der Waals surface area contributed by atoms with Crippen LogP contribution in [0.2, 0.25) is 0 Å². The predicted molar refractivity (Wildman–Crippen MR) is 107 cm³/mol. The molecule has 1 amide bonds. The highest BCUT2D eigenvalue weighted by Crippen LogP contribution is 2.26. The second kappa shape index (κ2) is 8.13. The zero-order valence-electron chi connectivity index (χ0n) is 16.9. The van der Waals surface area contributed by atoms with Crippen molar-refractivity contribution in [3.63, 3.8) is 0 Å². The van der Waals surface area contributed by atoms with Gasteiger partial charge in [0.25, 0.3) is 0 Å². The lowest BCUT2D eigenvalue weighted by Crippen LogP contribution is -2.52. The second-order valence-electron chi connectivity index (χ2n) is 8.38. The first-order valence-corrected chi connectivity index (χ1v) is 10.8. The van der Waals surface area contributed by atoms with Crippen molar-refractivity contribution in [1.82, 2.24) is 19.8 Å². The van der Waals surface area contributed by atoms with E-state index in [-0.39, 0.29) is 11.8 Å². The molecular weight excluding hydrogens is 338 g/mol. The zero-order chi connectivity index (χ0) is 18.8. The van der Waals surface area contributed by atoms with Gasteiger partial charge in [0, 0.05) is 63.8 Å². The summed E-state index contributed by atoms with van der Waals surface area (Å²) in [4.78, 5) is 29.1. The highest BCUT2D eigenvalue weighted by Gasteiger charge is 2.29. The van der Waals surface area contributed by atoms with Crippen molar-refractivity contribution in [2.75, 3.05) is 44.2 Å². The van der Waals surface area contributed by atoms with Gasteiger partial charge in [-0.1, -0.05) is 20.3 Å². The quantitative estimate of drug-likeness (QED) is 0.812. The Hall–Kier alpha value is -1.69. The van der Waals surface area contributed by atoms with Gasteiger partial charge in [-0.25, -0.2) is 9.97 Å². The highest BCUT2D eigenvalue weighted by molar-refractivity contribution is 5.78. The van der Waals surface area contributed by atoms with E-state index >= 15 is 0 Å². The van der Waals surface area contributed by atoms with E-state index in [0.29, 0.717) is 0 Å².